The molecule has 2 rings (SSSR count). The minimum Gasteiger partial charge on any atom is -0.468 e. The second kappa shape index (κ2) is 9.64. The smallest absolute Gasteiger partial charge is 0.422 e. The first-order valence-corrected chi connectivity index (χ1v) is 9.26. The molecular weight excluding hydrogens is 401 g/mol. The maximum absolute atomic E-state index is 12.5. The number of nitrogens with one attached hydrogen (secondary N) is 1. The lowest BCUT2D eigenvalue weighted by atomic mass is 10.1. The van der Waals surface area contributed by atoms with Crippen LogP contribution in [0, 0.1) is 19.8 Å². The van der Waals surface area contributed by atoms with Crippen LogP contribution in [0.4, 0.5) is 13.2 Å². The number of rotatable bonds is 8. The number of nitrogens with zero attached hydrogens (tertiary/aromatic N) is 3. The molecule has 2 aromatic rings. The molecule has 162 valence electrons. The number of carbonyl (C=O) groups excluding carboxylic acids is 2. The zero-order valence-electron chi connectivity index (χ0n) is 17.1. The van der Waals surface area contributed by atoms with E-state index >= 15 is 0 Å². The van der Waals surface area contributed by atoms with Crippen molar-refractivity contribution < 1.29 is 27.5 Å². The minimum absolute atomic E-state index is 0.0264. The highest BCUT2D eigenvalue weighted by Gasteiger charge is 2.28. The van der Waals surface area contributed by atoms with E-state index in [1.54, 1.807) is 27.7 Å². The van der Waals surface area contributed by atoms with Gasteiger partial charge in [-0.2, -0.15) is 13.2 Å². The summed E-state index contributed by atoms with van der Waals surface area (Å²) in [5.41, 5.74) is 1.73. The van der Waals surface area contributed by atoms with Gasteiger partial charge in [0.2, 0.25) is 5.88 Å². The number of Topliss-reactive ketones (excluding diaryl/α,β-unsaturated/α-hetero) is 1. The first-order valence-electron chi connectivity index (χ1n) is 9.26. The zero-order valence-corrected chi connectivity index (χ0v) is 17.1. The SMILES string of the molecule is Cc1cc(C(=O)NCc2ccc(OCC(F)(F)F)nc2C)nc(CC(=O)C(C)C)n1. The van der Waals surface area contributed by atoms with E-state index in [4.69, 9.17) is 0 Å². The van der Waals surface area contributed by atoms with Crippen LogP contribution in [0.25, 0.3) is 0 Å². The number of aryl methyl sites for hydroxylation is 2. The second-order valence-corrected chi connectivity index (χ2v) is 7.09. The van der Waals surface area contributed by atoms with Gasteiger partial charge in [0.15, 0.2) is 6.61 Å². The van der Waals surface area contributed by atoms with Gasteiger partial charge in [-0.05, 0) is 25.5 Å². The van der Waals surface area contributed by atoms with Crippen LogP contribution in [-0.4, -0.2) is 39.4 Å². The number of ether oxygens (including phenoxy) is 1. The zero-order chi connectivity index (χ0) is 22.5. The van der Waals surface area contributed by atoms with Crippen LogP contribution in [0.1, 0.15) is 47.1 Å². The van der Waals surface area contributed by atoms with E-state index < -0.39 is 18.7 Å². The summed E-state index contributed by atoms with van der Waals surface area (Å²) in [6.07, 6.45) is -4.40. The molecule has 7 nitrogen and oxygen atoms in total. The molecule has 0 atom stereocenters. The number of halogens is 3. The molecule has 1 amide bonds. The number of ketones is 1. The first kappa shape index (κ1) is 23.2. The Morgan fingerprint density at radius 3 is 2.43 bits per heavy atom. The molecular formula is C20H23F3N4O3. The van der Waals surface area contributed by atoms with Crippen molar-refractivity contribution in [1.29, 1.82) is 0 Å². The summed E-state index contributed by atoms with van der Waals surface area (Å²) in [7, 11) is 0. The standard InChI is InChI=1S/C20H23F3N4O3/c1-11(2)16(28)8-17-25-12(3)7-15(27-17)19(29)24-9-14-5-6-18(26-13(14)4)30-10-20(21,22)23/h5-7,11H,8-10H2,1-4H3,(H,24,29). The molecule has 0 spiro atoms. The molecule has 1 N–H and O–H groups in total. The Kier molecular flexibility index (Phi) is 7.47. The van der Waals surface area contributed by atoms with Gasteiger partial charge in [0.05, 0.1) is 6.42 Å². The van der Waals surface area contributed by atoms with Gasteiger partial charge in [-0.1, -0.05) is 19.9 Å². The summed E-state index contributed by atoms with van der Waals surface area (Å²) < 4.78 is 41.3. The van der Waals surface area contributed by atoms with Crippen LogP contribution in [-0.2, 0) is 17.8 Å². The second-order valence-electron chi connectivity index (χ2n) is 7.09. The number of carbonyl (C=O) groups is 2. The molecule has 0 saturated heterocycles. The van der Waals surface area contributed by atoms with Crippen molar-refractivity contribution in [2.75, 3.05) is 6.61 Å². The van der Waals surface area contributed by atoms with E-state index in [0.29, 0.717) is 17.0 Å². The largest absolute Gasteiger partial charge is 0.468 e. The number of alkyl halides is 3. The fourth-order valence-electron chi connectivity index (χ4n) is 2.44. The van der Waals surface area contributed by atoms with Crippen LogP contribution in [0.15, 0.2) is 18.2 Å². The molecule has 10 heteroatoms. The average molecular weight is 424 g/mol. The maximum atomic E-state index is 12.5. The quantitative estimate of drug-likeness (QED) is 0.700. The number of aromatic nitrogens is 3. The third-order valence-corrected chi connectivity index (χ3v) is 4.10. The van der Waals surface area contributed by atoms with Gasteiger partial charge < -0.3 is 10.1 Å². The lowest BCUT2D eigenvalue weighted by molar-refractivity contribution is -0.154. The molecule has 2 aromatic heterocycles. The van der Waals surface area contributed by atoms with Crippen molar-refractivity contribution in [2.24, 2.45) is 5.92 Å². The maximum Gasteiger partial charge on any atom is 0.422 e. The molecule has 30 heavy (non-hydrogen) atoms. The summed E-state index contributed by atoms with van der Waals surface area (Å²) in [4.78, 5) is 36.7. The van der Waals surface area contributed by atoms with Crippen molar-refractivity contribution in [1.82, 2.24) is 20.3 Å². The Morgan fingerprint density at radius 1 is 1.13 bits per heavy atom. The van der Waals surface area contributed by atoms with Crippen molar-refractivity contribution in [3.8, 4) is 5.88 Å². The summed E-state index contributed by atoms with van der Waals surface area (Å²) in [5.74, 6) is -0.518. The highest BCUT2D eigenvalue weighted by molar-refractivity contribution is 5.92. The Balaban J connectivity index is 2.03. The van der Waals surface area contributed by atoms with Gasteiger partial charge in [-0.15, -0.1) is 0 Å². The van der Waals surface area contributed by atoms with E-state index in [1.807, 2.05) is 0 Å². The average Bonchev–Trinajstić information content (AvgIpc) is 2.64. The molecule has 0 aromatic carbocycles. The molecule has 0 saturated carbocycles. The van der Waals surface area contributed by atoms with E-state index in [-0.39, 0.29) is 42.1 Å². The van der Waals surface area contributed by atoms with Gasteiger partial charge in [0.25, 0.3) is 5.91 Å². The topological polar surface area (TPSA) is 94.1 Å². The Hall–Kier alpha value is -3.04. The summed E-state index contributed by atoms with van der Waals surface area (Å²) in [5, 5.41) is 2.69. The first-order chi connectivity index (χ1) is 13.9. The van der Waals surface area contributed by atoms with Crippen LogP contribution in [0.2, 0.25) is 0 Å². The molecule has 0 aliphatic carbocycles. The fraction of sp³-hybridized carbons (Fsp3) is 0.450. The number of hydrogen-bond acceptors (Lipinski definition) is 6. The third kappa shape index (κ3) is 7.09. The van der Waals surface area contributed by atoms with Crippen LogP contribution < -0.4 is 10.1 Å². The Labute approximate surface area is 172 Å². The van der Waals surface area contributed by atoms with Crippen molar-refractivity contribution >= 4 is 11.7 Å². The number of pyridine rings is 1. The van der Waals surface area contributed by atoms with Gasteiger partial charge in [0.1, 0.15) is 17.3 Å². The van der Waals surface area contributed by atoms with Gasteiger partial charge in [-0.3, -0.25) is 9.59 Å². The van der Waals surface area contributed by atoms with E-state index in [9.17, 15) is 22.8 Å². The van der Waals surface area contributed by atoms with Gasteiger partial charge >= 0.3 is 6.18 Å². The molecule has 0 radical (unpaired) electrons. The molecule has 0 aliphatic rings. The van der Waals surface area contributed by atoms with Crippen molar-refractivity contribution in [3.63, 3.8) is 0 Å². The highest BCUT2D eigenvalue weighted by atomic mass is 19.4. The predicted octanol–water partition coefficient (Wildman–Crippen LogP) is 3.13. The third-order valence-electron chi connectivity index (χ3n) is 4.10. The summed E-state index contributed by atoms with van der Waals surface area (Å²) in [6, 6.07) is 4.36. The molecule has 0 unspecified atom stereocenters. The summed E-state index contributed by atoms with van der Waals surface area (Å²) in [6.45, 7) is 5.54. The van der Waals surface area contributed by atoms with Crippen LogP contribution in [0.3, 0.4) is 0 Å². The van der Waals surface area contributed by atoms with Crippen molar-refractivity contribution in [2.45, 2.75) is 46.8 Å². The molecule has 0 bridgehead atoms. The Morgan fingerprint density at radius 2 is 1.83 bits per heavy atom. The van der Waals surface area contributed by atoms with E-state index in [0.717, 1.165) is 0 Å². The lowest BCUT2D eigenvalue weighted by Gasteiger charge is -2.12. The molecule has 0 aliphatic heterocycles. The minimum atomic E-state index is -4.45. The highest BCUT2D eigenvalue weighted by Crippen LogP contribution is 2.18. The van der Waals surface area contributed by atoms with Gasteiger partial charge in [-0.25, -0.2) is 15.0 Å². The fourth-order valence-corrected chi connectivity index (χ4v) is 2.44. The Bertz CT molecular complexity index is 930. The lowest BCUT2D eigenvalue weighted by Crippen LogP contribution is -2.25. The summed E-state index contributed by atoms with van der Waals surface area (Å²) >= 11 is 0. The van der Waals surface area contributed by atoms with Crippen molar-refractivity contribution in [3.05, 3.63) is 46.7 Å². The normalized spacial score (nSPS) is 11.5. The molecule has 0 fully saturated rings. The van der Waals surface area contributed by atoms with E-state index in [2.05, 4.69) is 25.0 Å². The predicted molar refractivity (Wildman–Crippen MR) is 102 cm³/mol. The number of amides is 1. The monoisotopic (exact) mass is 424 g/mol. The molecule has 2 heterocycles. The number of hydrogen-bond donors (Lipinski definition) is 1. The van der Waals surface area contributed by atoms with E-state index in [1.165, 1.54) is 18.2 Å². The van der Waals surface area contributed by atoms with Crippen LogP contribution >= 0.6 is 0 Å². The van der Waals surface area contributed by atoms with Gasteiger partial charge in [0, 0.05) is 29.9 Å². The van der Waals surface area contributed by atoms with Crippen LogP contribution in [0.5, 0.6) is 5.88 Å².